The van der Waals surface area contributed by atoms with Crippen molar-refractivity contribution in [3.63, 3.8) is 0 Å². The Hall–Kier alpha value is -8.54. The van der Waals surface area contributed by atoms with Gasteiger partial charge in [0.05, 0.1) is 75.8 Å². The second kappa shape index (κ2) is 26.7. The molecule has 0 atom stereocenters. The summed E-state index contributed by atoms with van der Waals surface area (Å²) in [5.41, 5.74) is 10.8. The second-order valence-corrected chi connectivity index (χ2v) is 24.7. The number of hydrogen-bond acceptors (Lipinski definition) is 8. The quantitative estimate of drug-likeness (QED) is 0.158. The normalized spacial score (nSPS) is 11.3. The molecule has 89 heavy (non-hydrogen) atoms. The van der Waals surface area contributed by atoms with Crippen LogP contribution < -0.4 is 0 Å². The van der Waals surface area contributed by atoms with E-state index in [2.05, 4.69) is 133 Å². The van der Waals surface area contributed by atoms with Crippen LogP contribution in [0.25, 0.3) is 101 Å². The third-order valence-corrected chi connectivity index (χ3v) is 16.2. The number of halogens is 4. The predicted octanol–water partition coefficient (Wildman–Crippen LogP) is 21.4. The van der Waals surface area contributed by atoms with E-state index in [-0.39, 0.29) is 72.0 Å². The van der Waals surface area contributed by atoms with E-state index in [1.807, 2.05) is 133 Å². The molecule has 0 saturated carbocycles. The minimum absolute atomic E-state index is 0. The molecule has 15 heteroatoms. The van der Waals surface area contributed by atoms with E-state index in [9.17, 15) is 10.2 Å². The zero-order chi connectivity index (χ0) is 62.0. The van der Waals surface area contributed by atoms with Crippen molar-refractivity contribution in [1.29, 1.82) is 0 Å². The average Bonchev–Trinajstić information content (AvgIpc) is 2.17. The molecule has 0 bridgehead atoms. The van der Waals surface area contributed by atoms with Gasteiger partial charge in [-0.3, -0.25) is 0 Å². The predicted molar refractivity (Wildman–Crippen MR) is 362 cm³/mol. The number of rotatable bonds is 6. The van der Waals surface area contributed by atoms with Gasteiger partial charge in [-0.05, 0) is 94.8 Å². The first-order valence-corrected chi connectivity index (χ1v) is 29.8. The van der Waals surface area contributed by atoms with Crippen LogP contribution in [-0.4, -0.2) is 39.6 Å². The summed E-state index contributed by atoms with van der Waals surface area (Å²) < 4.78 is 15.3. The van der Waals surface area contributed by atoms with E-state index in [0.29, 0.717) is 53.7 Å². The van der Waals surface area contributed by atoms with Crippen molar-refractivity contribution in [2.24, 2.45) is 0 Å². The Morgan fingerprint density at radius 3 is 0.933 bits per heavy atom. The molecule has 0 amide bonds. The van der Waals surface area contributed by atoms with E-state index < -0.39 is 0 Å². The van der Waals surface area contributed by atoms with Crippen LogP contribution in [-0.2, 0) is 37.0 Å². The van der Waals surface area contributed by atoms with Gasteiger partial charge >= 0.3 is 26.2 Å². The molecule has 0 radical (unpaired) electrons. The number of hydrogen-bond donors (Lipinski definition) is 2. The number of para-hydroxylation sites is 4. The van der Waals surface area contributed by atoms with Gasteiger partial charge in [-0.1, -0.05) is 195 Å². The molecule has 442 valence electrons. The third kappa shape index (κ3) is 13.3. The molecule has 14 aromatic rings. The molecule has 0 aliphatic rings. The van der Waals surface area contributed by atoms with Gasteiger partial charge in [-0.15, -0.1) is 24.3 Å². The van der Waals surface area contributed by atoms with Crippen LogP contribution in [0.4, 0.5) is 0 Å². The third-order valence-electron chi connectivity index (χ3n) is 14.9. The number of phenolic OH excluding ortho intramolecular Hbond substituents is 2. The molecular formula is C74H60Cl4N6O4Zr. The van der Waals surface area contributed by atoms with Gasteiger partial charge in [0.1, 0.15) is 0 Å². The van der Waals surface area contributed by atoms with E-state index in [0.717, 1.165) is 65.9 Å². The Morgan fingerprint density at radius 2 is 0.663 bits per heavy atom. The Morgan fingerprint density at radius 1 is 0.382 bits per heavy atom. The topological polar surface area (TPSA) is 128 Å². The molecule has 10 aromatic carbocycles. The summed E-state index contributed by atoms with van der Waals surface area (Å²) in [5.74, 6) is 0.969. The Kier molecular flexibility index (Phi) is 19.0. The van der Waals surface area contributed by atoms with Crippen molar-refractivity contribution in [3.05, 3.63) is 275 Å². The van der Waals surface area contributed by atoms with Crippen molar-refractivity contribution < 1.29 is 45.5 Å². The van der Waals surface area contributed by atoms with Gasteiger partial charge in [0.25, 0.3) is 11.8 Å². The minimum Gasteiger partial charge on any atom is -0.505 e. The molecule has 4 heterocycles. The van der Waals surface area contributed by atoms with Crippen molar-refractivity contribution in [2.45, 2.75) is 52.4 Å². The summed E-state index contributed by atoms with van der Waals surface area (Å²) in [7, 11) is 0. The van der Waals surface area contributed by atoms with Crippen LogP contribution in [0, 0.1) is 13.8 Å². The minimum atomic E-state index is -0.214. The largest absolute Gasteiger partial charge is 2.00 e. The molecule has 0 spiro atoms. The Balaban J connectivity index is 0.000000159. The van der Waals surface area contributed by atoms with Crippen LogP contribution in [0.2, 0.25) is 20.1 Å². The maximum atomic E-state index is 11.7. The van der Waals surface area contributed by atoms with Crippen LogP contribution in [0.15, 0.2) is 227 Å². The van der Waals surface area contributed by atoms with Crippen LogP contribution in [0.5, 0.6) is 11.5 Å². The smallest absolute Gasteiger partial charge is 0.505 e. The van der Waals surface area contributed by atoms with E-state index in [4.69, 9.17) is 55.4 Å². The number of nitrogens with zero attached hydrogens (tertiary/aromatic N) is 6. The molecule has 4 aromatic heterocycles. The van der Waals surface area contributed by atoms with Crippen molar-refractivity contribution in [2.75, 3.05) is 0 Å². The summed E-state index contributed by atoms with van der Waals surface area (Å²) in [5, 5.41) is 37.9. The summed E-state index contributed by atoms with van der Waals surface area (Å²) in [4.78, 5) is 9.18. The first-order valence-electron chi connectivity index (χ1n) is 28.3. The molecule has 2 N–H and O–H groups in total. The molecule has 0 aliphatic carbocycles. The average molecular weight is 1330 g/mol. The summed E-state index contributed by atoms with van der Waals surface area (Å²) in [6.07, 6.45) is 0. The van der Waals surface area contributed by atoms with Crippen LogP contribution in [0.1, 0.15) is 63.8 Å². The van der Waals surface area contributed by atoms with Gasteiger partial charge in [-0.2, -0.15) is 59.2 Å². The van der Waals surface area contributed by atoms with Gasteiger partial charge in [-0.25, -0.2) is 0 Å². The maximum absolute atomic E-state index is 11.7. The number of aromatic nitrogens is 6. The van der Waals surface area contributed by atoms with Crippen molar-refractivity contribution >= 4 is 90.0 Å². The fourth-order valence-corrected chi connectivity index (χ4v) is 11.5. The van der Waals surface area contributed by atoms with E-state index in [1.54, 1.807) is 36.4 Å². The number of phenols is 2. The van der Waals surface area contributed by atoms with Crippen molar-refractivity contribution in [3.8, 4) is 68.6 Å². The number of fused-ring (bicyclic) bond motifs is 6. The van der Waals surface area contributed by atoms with E-state index in [1.165, 1.54) is 0 Å². The molecule has 14 rings (SSSR count). The second-order valence-electron chi connectivity index (χ2n) is 23.0. The van der Waals surface area contributed by atoms with Gasteiger partial charge in [0.2, 0.25) is 11.6 Å². The monoisotopic (exact) mass is 1330 g/mol. The summed E-state index contributed by atoms with van der Waals surface area (Å²) >= 11 is 25.5. The van der Waals surface area contributed by atoms with Crippen LogP contribution in [0.3, 0.4) is 0 Å². The zero-order valence-corrected chi connectivity index (χ0v) is 55.1. The molecule has 0 fully saturated rings. The van der Waals surface area contributed by atoms with Gasteiger partial charge in [0.15, 0.2) is 11.5 Å². The fraction of sp³-hybridized carbons (Fsp3) is 0.108. The molecular weight excluding hydrogens is 1270 g/mol. The first kappa shape index (κ1) is 63.5. The standard InChI is InChI=1S/2C30H23Cl2N3O2.2C7H7.Zr/c2*1-30(2,3)17-15-20(28-33-29(37-34-28)26-21(31)11-8-12-22(26)32)27(36)25(16-17)35-23-13-6-4-9-18(23)19-10-5-7-14-24(19)35;2*1-7-5-3-2-4-6-7;/h2*4-16,36H,1-3H3;2*2-6H,1H2;/q;;2*-1;+2. The molecule has 0 saturated heterocycles. The number of benzene rings is 10. The molecule has 0 unspecified atom stereocenters. The van der Waals surface area contributed by atoms with Gasteiger partial charge < -0.3 is 28.4 Å². The summed E-state index contributed by atoms with van der Waals surface area (Å²) in [6, 6.07) is 70.7. The van der Waals surface area contributed by atoms with Crippen LogP contribution >= 0.6 is 46.4 Å². The Labute approximate surface area is 556 Å². The maximum Gasteiger partial charge on any atom is 2.00 e. The van der Waals surface area contributed by atoms with E-state index >= 15 is 0 Å². The SMILES string of the molecule is CC(C)(C)c1cc(-c2noc(-c3c(Cl)cccc3Cl)n2)c(O)c(-n2c3ccccc3c3ccccc32)c1.CC(C)(C)c1cc(-c2noc(-c3c(Cl)cccc3Cl)n2)c(O)c(-n2c3ccccc3c3ccccc32)c1.[CH2-]c1ccccc1.[CH2-]c1ccccc1.[Zr+2]. The van der Waals surface area contributed by atoms with Crippen molar-refractivity contribution in [1.82, 2.24) is 29.4 Å². The molecule has 10 nitrogen and oxygen atoms in total. The zero-order valence-electron chi connectivity index (χ0n) is 49.6. The van der Waals surface area contributed by atoms with Gasteiger partial charge in [0, 0.05) is 21.5 Å². The molecule has 0 aliphatic heterocycles. The number of aromatic hydroxyl groups is 2. The Bertz CT molecular complexity index is 4380. The fourth-order valence-electron chi connectivity index (χ4n) is 10.4. The summed E-state index contributed by atoms with van der Waals surface area (Å²) in [6.45, 7) is 20.2. The first-order chi connectivity index (χ1) is 42.3.